The molecule has 0 spiro atoms. The van der Waals surface area contributed by atoms with Crippen molar-refractivity contribution in [3.05, 3.63) is 35.3 Å². The van der Waals surface area contributed by atoms with Crippen molar-refractivity contribution in [3.63, 3.8) is 0 Å². The lowest BCUT2D eigenvalue weighted by Gasteiger charge is -2.74. The molecule has 9 atom stereocenters. The molecular formula is C31H40O9. The van der Waals surface area contributed by atoms with Crippen LogP contribution in [0.3, 0.4) is 0 Å². The van der Waals surface area contributed by atoms with E-state index in [-0.39, 0.29) is 49.2 Å². The molecule has 0 radical (unpaired) electrons. The lowest BCUT2D eigenvalue weighted by atomic mass is 9.37. The van der Waals surface area contributed by atoms with Crippen LogP contribution in [0.4, 0.5) is 0 Å². The zero-order chi connectivity index (χ0) is 28.8. The number of aliphatic hydroxyl groups is 1. The lowest BCUT2D eigenvalue weighted by Crippen LogP contribution is -2.80. The molecule has 0 aromatic carbocycles. The number of methoxy groups -OCH3 is 1. The Morgan fingerprint density at radius 1 is 1.23 bits per heavy atom. The van der Waals surface area contributed by atoms with Crippen LogP contribution in [-0.4, -0.2) is 48.6 Å². The summed E-state index contributed by atoms with van der Waals surface area (Å²) in [6, 6.07) is 1.84. The highest BCUT2D eigenvalue weighted by Gasteiger charge is 2.79. The monoisotopic (exact) mass is 556 g/mol. The van der Waals surface area contributed by atoms with Crippen LogP contribution in [0.25, 0.3) is 0 Å². The highest BCUT2D eigenvalue weighted by molar-refractivity contribution is 5.76. The van der Waals surface area contributed by atoms with Crippen molar-refractivity contribution in [2.45, 2.75) is 84.7 Å². The smallest absolute Gasteiger partial charge is 0.310 e. The van der Waals surface area contributed by atoms with Crippen LogP contribution < -0.4 is 0 Å². The molecule has 0 amide bonds. The topological polar surface area (TPSA) is 122 Å². The fourth-order valence-corrected chi connectivity index (χ4v) is 9.24. The van der Waals surface area contributed by atoms with E-state index in [0.29, 0.717) is 6.42 Å². The normalized spacial score (nSPS) is 43.6. The molecule has 1 aromatic heterocycles. The minimum Gasteiger partial charge on any atom is -0.472 e. The van der Waals surface area contributed by atoms with Gasteiger partial charge in [-0.3, -0.25) is 14.4 Å². The molecule has 9 heteroatoms. The van der Waals surface area contributed by atoms with Gasteiger partial charge in [-0.2, -0.15) is 0 Å². The number of rotatable bonds is 5. The summed E-state index contributed by atoms with van der Waals surface area (Å²) < 4.78 is 29.0. The third-order valence-electron chi connectivity index (χ3n) is 11.3. The van der Waals surface area contributed by atoms with E-state index in [0.717, 1.165) is 29.6 Å². The number of hydrogen-bond donors (Lipinski definition) is 1. The van der Waals surface area contributed by atoms with E-state index in [1.807, 2.05) is 19.9 Å². The predicted octanol–water partition coefficient (Wildman–Crippen LogP) is 4.49. The van der Waals surface area contributed by atoms with Gasteiger partial charge in [0.15, 0.2) is 5.79 Å². The van der Waals surface area contributed by atoms with Crippen molar-refractivity contribution in [2.75, 3.05) is 13.7 Å². The first kappa shape index (κ1) is 27.5. The van der Waals surface area contributed by atoms with Gasteiger partial charge in [-0.05, 0) is 42.7 Å². The first-order valence-electron chi connectivity index (χ1n) is 14.4. The van der Waals surface area contributed by atoms with Crippen LogP contribution in [-0.2, 0) is 33.3 Å². The first-order valence-corrected chi connectivity index (χ1v) is 14.4. The van der Waals surface area contributed by atoms with Crippen molar-refractivity contribution in [3.8, 4) is 0 Å². The maximum atomic E-state index is 13.1. The highest BCUT2D eigenvalue weighted by Crippen LogP contribution is 2.74. The number of cyclic esters (lactones) is 1. The van der Waals surface area contributed by atoms with E-state index < -0.39 is 46.1 Å². The third kappa shape index (κ3) is 3.43. The second-order valence-corrected chi connectivity index (χ2v) is 13.5. The molecule has 5 fully saturated rings. The number of esters is 3. The zero-order valence-electron chi connectivity index (χ0n) is 24.2. The van der Waals surface area contributed by atoms with Gasteiger partial charge in [-0.25, -0.2) is 0 Å². The van der Waals surface area contributed by atoms with Gasteiger partial charge >= 0.3 is 17.9 Å². The van der Waals surface area contributed by atoms with Crippen molar-refractivity contribution < 1.29 is 42.9 Å². The van der Waals surface area contributed by atoms with E-state index in [1.165, 1.54) is 7.11 Å². The molecule has 3 aliphatic heterocycles. The molecule has 3 saturated heterocycles. The van der Waals surface area contributed by atoms with Crippen LogP contribution in [0.15, 0.2) is 34.2 Å². The number of allylic oxidation sites excluding steroid dienone is 1. The van der Waals surface area contributed by atoms with Gasteiger partial charge in [-0.15, -0.1) is 0 Å². The molecule has 2 saturated carbocycles. The quantitative estimate of drug-likeness (QED) is 0.318. The summed E-state index contributed by atoms with van der Waals surface area (Å²) in [5, 5.41) is 12.5. The predicted molar refractivity (Wildman–Crippen MR) is 140 cm³/mol. The van der Waals surface area contributed by atoms with Crippen molar-refractivity contribution >= 4 is 17.9 Å². The standard InChI is InChI=1S/C31H40O9/c1-16(2)27(34)40-26-21-11-18-19(30(5)22(13-23(32)36-6)29(26,4)15-38-31(21,30)35)7-9-28(3)20(18)12-24(33)39-25(28)17-8-10-37-14-17/h8,10,14,16,19,21-22,25-26,35H,7,9,11-13,15H2,1-6H3. The highest BCUT2D eigenvalue weighted by atomic mass is 16.6. The second-order valence-electron chi connectivity index (χ2n) is 13.5. The molecule has 40 heavy (non-hydrogen) atoms. The SMILES string of the molecule is COC(=O)CC1C2(C)COC3(O)C(CC4=C5CC(=O)OC(c6ccoc6)C5(C)CCC4C13C)C2OC(=O)C(C)C. The maximum absolute atomic E-state index is 13.1. The Bertz CT molecular complexity index is 1270. The van der Waals surface area contributed by atoms with E-state index in [9.17, 15) is 19.5 Å². The van der Waals surface area contributed by atoms with E-state index in [4.69, 9.17) is 23.4 Å². The summed E-state index contributed by atoms with van der Waals surface area (Å²) in [5.74, 6) is -4.09. The van der Waals surface area contributed by atoms with Gasteiger partial charge in [0.05, 0.1) is 44.5 Å². The number of carbonyl (C=O) groups is 3. The van der Waals surface area contributed by atoms with E-state index >= 15 is 0 Å². The van der Waals surface area contributed by atoms with Crippen LogP contribution in [0.5, 0.6) is 0 Å². The summed E-state index contributed by atoms with van der Waals surface area (Å²) in [7, 11) is 1.36. The number of fused-ring (bicyclic) bond motifs is 3. The fourth-order valence-electron chi connectivity index (χ4n) is 9.24. The fraction of sp³-hybridized carbons (Fsp3) is 0.710. The molecule has 1 aromatic rings. The molecule has 6 aliphatic rings. The summed E-state index contributed by atoms with van der Waals surface area (Å²) in [6.07, 6.45) is 4.16. The van der Waals surface area contributed by atoms with Gasteiger partial charge in [0, 0.05) is 28.2 Å². The average molecular weight is 557 g/mol. The minimum absolute atomic E-state index is 0.0632. The number of ether oxygens (including phenoxy) is 4. The van der Waals surface area contributed by atoms with Gasteiger partial charge in [0.2, 0.25) is 0 Å². The second kappa shape index (κ2) is 8.92. The molecule has 3 aliphatic carbocycles. The molecule has 4 bridgehead atoms. The Balaban J connectivity index is 1.54. The van der Waals surface area contributed by atoms with E-state index in [2.05, 4.69) is 6.92 Å². The number of hydrogen-bond acceptors (Lipinski definition) is 9. The molecule has 9 unspecified atom stereocenters. The Morgan fingerprint density at radius 3 is 2.62 bits per heavy atom. The average Bonchev–Trinajstić information content (AvgIpc) is 3.44. The van der Waals surface area contributed by atoms with Gasteiger partial charge < -0.3 is 28.5 Å². The maximum Gasteiger partial charge on any atom is 0.310 e. The van der Waals surface area contributed by atoms with Gasteiger partial charge in [0.25, 0.3) is 0 Å². The number of furan rings is 1. The molecule has 9 nitrogen and oxygen atoms in total. The Kier molecular flexibility index (Phi) is 6.14. The van der Waals surface area contributed by atoms with Crippen molar-refractivity contribution in [1.82, 2.24) is 0 Å². The first-order chi connectivity index (χ1) is 18.8. The lowest BCUT2D eigenvalue weighted by molar-refractivity contribution is -0.438. The minimum atomic E-state index is -1.62. The van der Waals surface area contributed by atoms with Crippen LogP contribution in [0.2, 0.25) is 0 Å². The molecule has 1 N–H and O–H groups in total. The number of carbonyl (C=O) groups excluding carboxylic acids is 3. The zero-order valence-corrected chi connectivity index (χ0v) is 24.2. The van der Waals surface area contributed by atoms with Crippen LogP contribution >= 0.6 is 0 Å². The Morgan fingerprint density at radius 2 is 1.98 bits per heavy atom. The molecule has 7 rings (SSSR count). The largest absolute Gasteiger partial charge is 0.472 e. The van der Waals surface area contributed by atoms with Crippen LogP contribution in [0.1, 0.15) is 78.4 Å². The molecule has 4 heterocycles. The van der Waals surface area contributed by atoms with Crippen molar-refractivity contribution in [2.24, 2.45) is 39.9 Å². The summed E-state index contributed by atoms with van der Waals surface area (Å²) in [5.41, 5.74) is 0.886. The summed E-state index contributed by atoms with van der Waals surface area (Å²) in [6.45, 7) is 9.91. The van der Waals surface area contributed by atoms with Crippen molar-refractivity contribution in [1.29, 1.82) is 0 Å². The molecular weight excluding hydrogens is 516 g/mol. The third-order valence-corrected chi connectivity index (χ3v) is 11.3. The van der Waals surface area contributed by atoms with Gasteiger partial charge in [0.1, 0.15) is 12.2 Å². The van der Waals surface area contributed by atoms with Gasteiger partial charge in [-0.1, -0.05) is 40.2 Å². The Hall–Kier alpha value is -2.65. The summed E-state index contributed by atoms with van der Waals surface area (Å²) >= 11 is 0. The molecule has 218 valence electrons. The van der Waals surface area contributed by atoms with Crippen LogP contribution in [0, 0.1) is 39.9 Å². The summed E-state index contributed by atoms with van der Waals surface area (Å²) in [4.78, 5) is 38.9. The Labute approximate surface area is 234 Å². The van der Waals surface area contributed by atoms with E-state index in [1.54, 1.807) is 26.4 Å².